The van der Waals surface area contributed by atoms with E-state index < -0.39 is 0 Å². The monoisotopic (exact) mass is 343 g/mol. The van der Waals surface area contributed by atoms with Gasteiger partial charge in [0.25, 0.3) is 0 Å². The summed E-state index contributed by atoms with van der Waals surface area (Å²) in [5.74, 6) is 0. The molecular weight excluding hydrogens is 334 g/mol. The summed E-state index contributed by atoms with van der Waals surface area (Å²) in [6, 6.07) is 13.9. The predicted octanol–water partition coefficient (Wildman–Crippen LogP) is 4.66. The van der Waals surface area contributed by atoms with E-state index in [1.54, 1.807) is 17.8 Å². The summed E-state index contributed by atoms with van der Waals surface area (Å²) < 4.78 is 0.803. The van der Waals surface area contributed by atoms with Crippen LogP contribution in [0.3, 0.4) is 0 Å². The third-order valence-electron chi connectivity index (χ3n) is 2.89. The van der Waals surface area contributed by atoms with Crippen molar-refractivity contribution in [3.05, 3.63) is 52.0 Å². The highest BCUT2D eigenvalue weighted by Gasteiger charge is 2.07. The first-order valence-electron chi connectivity index (χ1n) is 5.99. The van der Waals surface area contributed by atoms with E-state index in [1.165, 1.54) is 5.56 Å². The third-order valence-corrected chi connectivity index (χ3v) is 4.42. The first kappa shape index (κ1) is 13.2. The minimum Gasteiger partial charge on any atom is -0.333 e. The van der Waals surface area contributed by atoms with Gasteiger partial charge in [0.05, 0.1) is 16.6 Å². The van der Waals surface area contributed by atoms with Crippen molar-refractivity contribution in [2.45, 2.75) is 17.0 Å². The van der Waals surface area contributed by atoms with Crippen molar-refractivity contribution in [2.24, 2.45) is 0 Å². The highest BCUT2D eigenvalue weighted by Crippen LogP contribution is 2.30. The molecule has 0 aliphatic heterocycles. The molecule has 3 rings (SSSR count). The molecule has 2 aromatic carbocycles. The maximum Gasteiger partial charge on any atom is 0.171 e. The van der Waals surface area contributed by atoms with E-state index in [2.05, 4.69) is 51.0 Å². The molecule has 1 heterocycles. The zero-order valence-corrected chi connectivity index (χ0v) is 13.0. The molecule has 0 spiro atoms. The molecule has 3 nitrogen and oxygen atoms in total. The molecule has 5 heteroatoms. The molecule has 0 unspecified atom stereocenters. The maximum absolute atomic E-state index is 8.91. The zero-order chi connectivity index (χ0) is 14.1. The lowest BCUT2D eigenvalue weighted by Gasteiger charge is -2.00. The fourth-order valence-corrected chi connectivity index (χ4v) is 3.37. The molecule has 0 bridgehead atoms. The molecule has 1 N–H and O–H groups in total. The third kappa shape index (κ3) is 2.58. The SMILES string of the molecule is Cc1ccc2nc(Sc3ccc(C#N)c(Br)c3)[nH]c2c1. The average molecular weight is 344 g/mol. The molecule has 0 atom stereocenters. The van der Waals surface area contributed by atoms with E-state index in [-0.39, 0.29) is 0 Å². The number of nitrogens with one attached hydrogen (secondary N) is 1. The van der Waals surface area contributed by atoms with Crippen molar-refractivity contribution in [1.82, 2.24) is 9.97 Å². The number of rotatable bonds is 2. The molecule has 0 aliphatic rings. The number of H-pyrrole nitrogens is 1. The number of hydrogen-bond acceptors (Lipinski definition) is 3. The van der Waals surface area contributed by atoms with Crippen LogP contribution in [-0.2, 0) is 0 Å². The van der Waals surface area contributed by atoms with Gasteiger partial charge in [-0.3, -0.25) is 0 Å². The van der Waals surface area contributed by atoms with Crippen LogP contribution in [0.4, 0.5) is 0 Å². The molecule has 0 amide bonds. The predicted molar refractivity (Wildman–Crippen MR) is 83.8 cm³/mol. The summed E-state index contributed by atoms with van der Waals surface area (Å²) in [5.41, 5.74) is 3.85. The quantitative estimate of drug-likeness (QED) is 0.736. The molecule has 0 saturated heterocycles. The van der Waals surface area contributed by atoms with E-state index >= 15 is 0 Å². The Kier molecular flexibility index (Phi) is 3.51. The Morgan fingerprint density at radius 2 is 2.10 bits per heavy atom. The lowest BCUT2D eigenvalue weighted by molar-refractivity contribution is 1.08. The van der Waals surface area contributed by atoms with Gasteiger partial charge in [-0.25, -0.2) is 4.98 Å². The first-order valence-corrected chi connectivity index (χ1v) is 7.60. The van der Waals surface area contributed by atoms with Gasteiger partial charge in [0.1, 0.15) is 6.07 Å². The number of aryl methyl sites for hydroxylation is 1. The topological polar surface area (TPSA) is 52.5 Å². The van der Waals surface area contributed by atoms with Crippen LogP contribution in [0.5, 0.6) is 0 Å². The van der Waals surface area contributed by atoms with E-state index in [0.717, 1.165) is 25.6 Å². The van der Waals surface area contributed by atoms with Gasteiger partial charge in [-0.15, -0.1) is 0 Å². The van der Waals surface area contributed by atoms with Gasteiger partial charge in [0, 0.05) is 9.37 Å². The van der Waals surface area contributed by atoms with Crippen LogP contribution in [0.25, 0.3) is 11.0 Å². The number of nitrogens with zero attached hydrogens (tertiary/aromatic N) is 2. The van der Waals surface area contributed by atoms with Gasteiger partial charge >= 0.3 is 0 Å². The number of nitriles is 1. The standard InChI is InChI=1S/C15H10BrN3S/c1-9-2-5-13-14(6-9)19-15(18-13)20-11-4-3-10(8-17)12(16)7-11/h2-7H,1H3,(H,18,19). The Balaban J connectivity index is 1.93. The lowest BCUT2D eigenvalue weighted by atomic mass is 10.2. The lowest BCUT2D eigenvalue weighted by Crippen LogP contribution is -1.80. The maximum atomic E-state index is 8.91. The molecule has 20 heavy (non-hydrogen) atoms. The van der Waals surface area contributed by atoms with Crippen LogP contribution in [0.1, 0.15) is 11.1 Å². The van der Waals surface area contributed by atoms with Crippen LogP contribution in [0, 0.1) is 18.3 Å². The van der Waals surface area contributed by atoms with Gasteiger partial charge in [-0.05, 0) is 58.7 Å². The van der Waals surface area contributed by atoms with E-state index in [1.807, 2.05) is 18.2 Å². The fourth-order valence-electron chi connectivity index (χ4n) is 1.91. The Morgan fingerprint density at radius 3 is 2.85 bits per heavy atom. The number of aromatic amines is 1. The number of imidazole rings is 1. The summed E-state index contributed by atoms with van der Waals surface area (Å²) in [6.07, 6.45) is 0. The van der Waals surface area contributed by atoms with Gasteiger partial charge in [-0.2, -0.15) is 5.26 Å². The van der Waals surface area contributed by atoms with Crippen LogP contribution in [0.15, 0.2) is 50.9 Å². The van der Waals surface area contributed by atoms with Crippen molar-refractivity contribution < 1.29 is 0 Å². The molecule has 3 aromatic rings. The first-order chi connectivity index (χ1) is 9.65. The summed E-state index contributed by atoms with van der Waals surface area (Å²) in [5, 5.41) is 9.76. The minimum absolute atomic E-state index is 0.634. The van der Waals surface area contributed by atoms with Crippen molar-refractivity contribution in [2.75, 3.05) is 0 Å². The van der Waals surface area contributed by atoms with Crippen LogP contribution in [0.2, 0.25) is 0 Å². The Hall–Kier alpha value is -1.77. The minimum atomic E-state index is 0.634. The normalized spacial score (nSPS) is 10.7. The van der Waals surface area contributed by atoms with Crippen molar-refractivity contribution >= 4 is 38.7 Å². The molecule has 0 fully saturated rings. The molecule has 0 saturated carbocycles. The summed E-state index contributed by atoms with van der Waals surface area (Å²) in [6.45, 7) is 2.06. The Labute approximate surface area is 129 Å². The van der Waals surface area contributed by atoms with Crippen LogP contribution in [-0.4, -0.2) is 9.97 Å². The Bertz CT molecular complexity index is 833. The summed E-state index contributed by atoms with van der Waals surface area (Å²) >= 11 is 4.94. The van der Waals surface area contributed by atoms with Crippen LogP contribution >= 0.6 is 27.7 Å². The van der Waals surface area contributed by atoms with Crippen molar-refractivity contribution in [1.29, 1.82) is 5.26 Å². The molecule has 0 aliphatic carbocycles. The summed E-state index contributed by atoms with van der Waals surface area (Å²) in [4.78, 5) is 8.89. The smallest absolute Gasteiger partial charge is 0.171 e. The summed E-state index contributed by atoms with van der Waals surface area (Å²) in [7, 11) is 0. The fraction of sp³-hybridized carbons (Fsp3) is 0.0667. The van der Waals surface area contributed by atoms with Gasteiger partial charge in [0.15, 0.2) is 5.16 Å². The van der Waals surface area contributed by atoms with E-state index in [9.17, 15) is 0 Å². The molecule has 1 aromatic heterocycles. The second-order valence-electron chi connectivity index (χ2n) is 4.42. The Morgan fingerprint density at radius 1 is 1.25 bits per heavy atom. The zero-order valence-electron chi connectivity index (χ0n) is 10.6. The molecule has 98 valence electrons. The number of aromatic nitrogens is 2. The number of benzene rings is 2. The number of hydrogen-bond donors (Lipinski definition) is 1. The number of halogens is 1. The second kappa shape index (κ2) is 5.31. The number of fused-ring (bicyclic) bond motifs is 1. The second-order valence-corrected chi connectivity index (χ2v) is 6.33. The van der Waals surface area contributed by atoms with Gasteiger partial charge in [-0.1, -0.05) is 17.8 Å². The van der Waals surface area contributed by atoms with Crippen LogP contribution < -0.4 is 0 Å². The van der Waals surface area contributed by atoms with Crippen molar-refractivity contribution in [3.8, 4) is 6.07 Å². The highest BCUT2D eigenvalue weighted by molar-refractivity contribution is 9.10. The van der Waals surface area contributed by atoms with Crippen molar-refractivity contribution in [3.63, 3.8) is 0 Å². The highest BCUT2D eigenvalue weighted by atomic mass is 79.9. The van der Waals surface area contributed by atoms with E-state index in [4.69, 9.17) is 5.26 Å². The van der Waals surface area contributed by atoms with E-state index in [0.29, 0.717) is 5.56 Å². The largest absolute Gasteiger partial charge is 0.333 e. The molecular formula is C15H10BrN3S. The average Bonchev–Trinajstić information content (AvgIpc) is 2.80. The van der Waals surface area contributed by atoms with Gasteiger partial charge in [0.2, 0.25) is 0 Å². The van der Waals surface area contributed by atoms with Gasteiger partial charge < -0.3 is 4.98 Å². The molecule has 0 radical (unpaired) electrons.